The van der Waals surface area contributed by atoms with Crippen LogP contribution in [0.15, 0.2) is 62.9 Å². The second-order valence-electron chi connectivity index (χ2n) is 5.07. The number of hydrogen-bond acceptors (Lipinski definition) is 5. The fourth-order valence-electron chi connectivity index (χ4n) is 2.10. The van der Waals surface area contributed by atoms with Crippen molar-refractivity contribution in [2.24, 2.45) is 4.99 Å². The first-order chi connectivity index (χ1) is 12.0. The Morgan fingerprint density at radius 3 is 2.48 bits per heavy atom. The van der Waals surface area contributed by atoms with Crippen molar-refractivity contribution in [3.63, 3.8) is 0 Å². The number of nitrogens with zero attached hydrogens (tertiary/aromatic N) is 1. The number of carbonyl (C=O) groups excluding carboxylic acids is 2. The molecule has 0 aliphatic carbocycles. The number of amidine groups is 1. The quantitative estimate of drug-likeness (QED) is 0.603. The topological polar surface area (TPSA) is 67.8 Å². The van der Waals surface area contributed by atoms with Crippen molar-refractivity contribution in [3.05, 3.63) is 69.0 Å². The molecule has 7 heteroatoms. The molecule has 126 valence electrons. The van der Waals surface area contributed by atoms with Gasteiger partial charge in [0.2, 0.25) is 0 Å². The van der Waals surface area contributed by atoms with Crippen LogP contribution in [0.25, 0.3) is 6.08 Å². The van der Waals surface area contributed by atoms with Crippen LogP contribution in [0, 0.1) is 0 Å². The minimum atomic E-state index is -0.392. The molecule has 0 atom stereocenters. The average Bonchev–Trinajstić information content (AvgIpc) is 2.96. The Labute approximate surface area is 157 Å². The zero-order valence-corrected chi connectivity index (χ0v) is 15.6. The third-order valence-electron chi connectivity index (χ3n) is 3.34. The molecule has 1 N–H and O–H groups in total. The Balaban J connectivity index is 1.77. The molecular formula is C18H13BrN2O3S. The number of ether oxygens (including phenoxy) is 1. The molecule has 5 nitrogen and oxygen atoms in total. The molecule has 3 rings (SSSR count). The normalized spacial score (nSPS) is 17.0. The number of rotatable bonds is 3. The van der Waals surface area contributed by atoms with Crippen LogP contribution in [0.5, 0.6) is 0 Å². The van der Waals surface area contributed by atoms with Gasteiger partial charge in [-0.15, -0.1) is 0 Å². The number of hydrogen-bond donors (Lipinski definition) is 1. The van der Waals surface area contributed by atoms with Crippen molar-refractivity contribution in [2.45, 2.75) is 0 Å². The van der Waals surface area contributed by atoms with Crippen LogP contribution in [0.4, 0.5) is 5.69 Å². The number of esters is 1. The maximum atomic E-state index is 12.1. The van der Waals surface area contributed by atoms with Crippen molar-refractivity contribution in [1.82, 2.24) is 5.32 Å². The van der Waals surface area contributed by atoms with E-state index in [4.69, 9.17) is 0 Å². The summed E-state index contributed by atoms with van der Waals surface area (Å²) in [6, 6.07) is 14.3. The Morgan fingerprint density at radius 2 is 1.84 bits per heavy atom. The van der Waals surface area contributed by atoms with Gasteiger partial charge in [0.1, 0.15) is 0 Å². The molecule has 0 saturated carbocycles. The third kappa shape index (κ3) is 4.37. The van der Waals surface area contributed by atoms with Gasteiger partial charge in [0.25, 0.3) is 5.91 Å². The van der Waals surface area contributed by atoms with Gasteiger partial charge in [-0.05, 0) is 59.8 Å². The van der Waals surface area contributed by atoms with Crippen LogP contribution >= 0.6 is 27.7 Å². The first kappa shape index (κ1) is 17.4. The standard InChI is InChI=1S/C18H13BrN2O3S/c1-24-17(23)12-4-2-11(3-5-12)10-15-16(22)21-18(25-15)20-14-8-6-13(19)7-9-14/h2-10H,1H3,(H,20,21,22). The molecule has 0 unspecified atom stereocenters. The Bertz CT molecular complexity index is 874. The van der Waals surface area contributed by atoms with Crippen LogP contribution < -0.4 is 5.32 Å². The molecule has 0 bridgehead atoms. The predicted octanol–water partition coefficient (Wildman–Crippen LogP) is 4.13. The first-order valence-electron chi connectivity index (χ1n) is 7.29. The highest BCUT2D eigenvalue weighted by atomic mass is 79.9. The van der Waals surface area contributed by atoms with Gasteiger partial charge >= 0.3 is 5.97 Å². The van der Waals surface area contributed by atoms with E-state index in [9.17, 15) is 9.59 Å². The van der Waals surface area contributed by atoms with Crippen LogP contribution in [0.1, 0.15) is 15.9 Å². The third-order valence-corrected chi connectivity index (χ3v) is 4.78. The lowest BCUT2D eigenvalue weighted by Gasteiger charge is -1.99. The average molecular weight is 417 g/mol. The van der Waals surface area contributed by atoms with E-state index in [0.717, 1.165) is 15.7 Å². The molecule has 1 amide bonds. The van der Waals surface area contributed by atoms with Gasteiger partial charge in [0.05, 0.1) is 23.3 Å². The number of amides is 1. The van der Waals surface area contributed by atoms with Crippen LogP contribution in [-0.2, 0) is 9.53 Å². The van der Waals surface area contributed by atoms with Crippen molar-refractivity contribution in [1.29, 1.82) is 0 Å². The second kappa shape index (κ2) is 7.67. The lowest BCUT2D eigenvalue weighted by atomic mass is 10.1. The summed E-state index contributed by atoms with van der Waals surface area (Å²) in [5.41, 5.74) is 2.04. The van der Waals surface area contributed by atoms with E-state index in [1.807, 2.05) is 24.3 Å². The van der Waals surface area contributed by atoms with E-state index in [1.54, 1.807) is 30.3 Å². The summed E-state index contributed by atoms with van der Waals surface area (Å²) in [4.78, 5) is 28.5. The van der Waals surface area contributed by atoms with Gasteiger partial charge in [-0.2, -0.15) is 0 Å². The van der Waals surface area contributed by atoms with Crippen molar-refractivity contribution in [3.8, 4) is 0 Å². The molecule has 1 heterocycles. The van der Waals surface area contributed by atoms with Gasteiger partial charge < -0.3 is 10.1 Å². The zero-order chi connectivity index (χ0) is 17.8. The van der Waals surface area contributed by atoms with Gasteiger partial charge in [0, 0.05) is 4.47 Å². The number of benzene rings is 2. The van der Waals surface area contributed by atoms with Crippen molar-refractivity contribution < 1.29 is 14.3 Å². The molecule has 1 aliphatic heterocycles. The fraction of sp³-hybridized carbons (Fsp3) is 0.0556. The molecule has 2 aromatic carbocycles. The zero-order valence-electron chi connectivity index (χ0n) is 13.2. The number of methoxy groups -OCH3 is 1. The van der Waals surface area contributed by atoms with E-state index >= 15 is 0 Å². The molecular weight excluding hydrogens is 404 g/mol. The van der Waals surface area contributed by atoms with Crippen LogP contribution in [0.2, 0.25) is 0 Å². The first-order valence-corrected chi connectivity index (χ1v) is 8.89. The van der Waals surface area contributed by atoms with Crippen LogP contribution in [0.3, 0.4) is 0 Å². The molecule has 1 saturated heterocycles. The number of thioether (sulfide) groups is 1. The Kier molecular flexibility index (Phi) is 5.35. The van der Waals surface area contributed by atoms with E-state index in [1.165, 1.54) is 18.9 Å². The highest BCUT2D eigenvalue weighted by molar-refractivity contribution is 9.10. The molecule has 0 radical (unpaired) electrons. The van der Waals surface area contributed by atoms with E-state index in [-0.39, 0.29) is 5.91 Å². The summed E-state index contributed by atoms with van der Waals surface area (Å²) in [5, 5.41) is 3.28. The van der Waals surface area contributed by atoms with Gasteiger partial charge in [-0.1, -0.05) is 28.1 Å². The highest BCUT2D eigenvalue weighted by Crippen LogP contribution is 2.28. The summed E-state index contributed by atoms with van der Waals surface area (Å²) in [6.45, 7) is 0. The number of halogens is 1. The second-order valence-corrected chi connectivity index (χ2v) is 7.02. The molecule has 1 aliphatic rings. The summed E-state index contributed by atoms with van der Waals surface area (Å²) in [7, 11) is 1.34. The Hall–Kier alpha value is -2.38. The summed E-state index contributed by atoms with van der Waals surface area (Å²) >= 11 is 4.65. The Morgan fingerprint density at radius 1 is 1.16 bits per heavy atom. The monoisotopic (exact) mass is 416 g/mol. The summed E-state index contributed by atoms with van der Waals surface area (Å²) in [5.74, 6) is -0.589. The SMILES string of the molecule is COC(=O)c1ccc(C=C2SC(=Nc3ccc(Br)cc3)NC2=O)cc1. The summed E-state index contributed by atoms with van der Waals surface area (Å²) < 4.78 is 5.63. The molecule has 25 heavy (non-hydrogen) atoms. The predicted molar refractivity (Wildman–Crippen MR) is 103 cm³/mol. The fourth-order valence-corrected chi connectivity index (χ4v) is 3.20. The highest BCUT2D eigenvalue weighted by Gasteiger charge is 2.23. The maximum absolute atomic E-state index is 12.1. The number of aliphatic imine (C=N–C) groups is 1. The van der Waals surface area contributed by atoms with Gasteiger partial charge in [0.15, 0.2) is 5.17 Å². The lowest BCUT2D eigenvalue weighted by Crippen LogP contribution is -2.19. The van der Waals surface area contributed by atoms with E-state index < -0.39 is 5.97 Å². The minimum Gasteiger partial charge on any atom is -0.465 e. The van der Waals surface area contributed by atoms with Gasteiger partial charge in [-0.25, -0.2) is 9.79 Å². The largest absolute Gasteiger partial charge is 0.465 e. The smallest absolute Gasteiger partial charge is 0.337 e. The van der Waals surface area contributed by atoms with Crippen LogP contribution in [-0.4, -0.2) is 24.2 Å². The molecule has 0 spiro atoms. The van der Waals surface area contributed by atoms with E-state index in [0.29, 0.717) is 15.6 Å². The maximum Gasteiger partial charge on any atom is 0.337 e. The number of carbonyl (C=O) groups is 2. The molecule has 1 fully saturated rings. The van der Waals surface area contributed by atoms with Crippen molar-refractivity contribution in [2.75, 3.05) is 7.11 Å². The lowest BCUT2D eigenvalue weighted by molar-refractivity contribution is -0.115. The van der Waals surface area contributed by atoms with Gasteiger partial charge in [-0.3, -0.25) is 4.79 Å². The number of nitrogens with one attached hydrogen (secondary N) is 1. The summed E-state index contributed by atoms with van der Waals surface area (Å²) in [6.07, 6.45) is 1.76. The minimum absolute atomic E-state index is 0.196. The van der Waals surface area contributed by atoms with E-state index in [2.05, 4.69) is 31.0 Å². The van der Waals surface area contributed by atoms with Crippen molar-refractivity contribution >= 4 is 56.5 Å². The molecule has 0 aromatic heterocycles. The molecule has 2 aromatic rings.